The zero-order valence-electron chi connectivity index (χ0n) is 16.0. The van der Waals surface area contributed by atoms with Crippen LogP contribution in [-0.2, 0) is 30.1 Å². The number of hydrogen-bond donors (Lipinski definition) is 0. The third-order valence-corrected chi connectivity index (χ3v) is 5.64. The highest BCUT2D eigenvalue weighted by molar-refractivity contribution is 6.30. The van der Waals surface area contributed by atoms with Gasteiger partial charge >= 0.3 is 0 Å². The summed E-state index contributed by atoms with van der Waals surface area (Å²) in [6.07, 6.45) is -0.874. The van der Waals surface area contributed by atoms with Crippen LogP contribution in [0.5, 0.6) is 0 Å². The van der Waals surface area contributed by atoms with E-state index in [-0.39, 0.29) is 30.5 Å². The lowest BCUT2D eigenvalue weighted by molar-refractivity contribution is -0.333. The van der Waals surface area contributed by atoms with Crippen LogP contribution in [0.15, 0.2) is 54.6 Å². The minimum atomic E-state index is -0.483. The molecule has 0 radical (unpaired) electrons. The van der Waals surface area contributed by atoms with Crippen molar-refractivity contribution in [3.63, 3.8) is 0 Å². The molecule has 2 fully saturated rings. The second-order valence-electron chi connectivity index (χ2n) is 7.12. The first-order chi connectivity index (χ1) is 13.7. The third-order valence-electron chi connectivity index (χ3n) is 5.39. The molecule has 2 aliphatic heterocycles. The van der Waals surface area contributed by atoms with Crippen molar-refractivity contribution in [2.75, 3.05) is 20.8 Å². The van der Waals surface area contributed by atoms with Crippen LogP contribution in [0.1, 0.15) is 17.4 Å². The number of fused-ring (bicyclic) bond motifs is 1. The topological polar surface area (TPSA) is 46.2 Å². The number of ether oxygens (including phenoxy) is 5. The van der Waals surface area contributed by atoms with Gasteiger partial charge in [-0.05, 0) is 17.7 Å². The molecule has 2 heterocycles. The fourth-order valence-electron chi connectivity index (χ4n) is 4.01. The average Bonchev–Trinajstić information content (AvgIpc) is 2.73. The van der Waals surface area contributed by atoms with Gasteiger partial charge in [0.05, 0.1) is 12.7 Å². The van der Waals surface area contributed by atoms with Crippen molar-refractivity contribution in [1.82, 2.24) is 0 Å². The summed E-state index contributed by atoms with van der Waals surface area (Å²) >= 11 is 5.99. The molecule has 2 aromatic carbocycles. The predicted octanol–water partition coefficient (Wildman–Crippen LogP) is 3.79. The van der Waals surface area contributed by atoms with Gasteiger partial charge in [0.15, 0.2) is 6.29 Å². The molecule has 2 aromatic rings. The summed E-state index contributed by atoms with van der Waals surface area (Å²) in [7, 11) is 3.38. The van der Waals surface area contributed by atoms with Crippen molar-refractivity contribution in [2.45, 2.75) is 43.2 Å². The monoisotopic (exact) mass is 404 g/mol. The molecule has 3 unspecified atom stereocenters. The molecular formula is C22H25ClO5. The lowest BCUT2D eigenvalue weighted by Gasteiger charge is -2.48. The van der Waals surface area contributed by atoms with Gasteiger partial charge in [-0.25, -0.2) is 0 Å². The van der Waals surface area contributed by atoms with E-state index in [1.54, 1.807) is 14.2 Å². The van der Waals surface area contributed by atoms with Gasteiger partial charge in [-0.2, -0.15) is 0 Å². The molecule has 0 amide bonds. The highest BCUT2D eigenvalue weighted by Crippen LogP contribution is 2.37. The Balaban J connectivity index is 1.52. The zero-order chi connectivity index (χ0) is 19.5. The van der Waals surface area contributed by atoms with Gasteiger partial charge in [-0.1, -0.05) is 54.1 Å². The van der Waals surface area contributed by atoms with Crippen molar-refractivity contribution < 1.29 is 23.7 Å². The molecule has 6 heteroatoms. The van der Waals surface area contributed by atoms with Crippen LogP contribution in [0.3, 0.4) is 0 Å². The van der Waals surface area contributed by atoms with Gasteiger partial charge in [0.2, 0.25) is 0 Å². The molecule has 0 aliphatic carbocycles. The zero-order valence-corrected chi connectivity index (χ0v) is 16.7. The van der Waals surface area contributed by atoms with Gasteiger partial charge in [0.1, 0.15) is 24.4 Å². The third kappa shape index (κ3) is 4.10. The minimum absolute atomic E-state index is 0.141. The van der Waals surface area contributed by atoms with Crippen molar-refractivity contribution in [2.24, 2.45) is 0 Å². The van der Waals surface area contributed by atoms with Gasteiger partial charge in [-0.3, -0.25) is 0 Å². The fraction of sp³-hybridized carbons (Fsp3) is 0.455. The van der Waals surface area contributed by atoms with Crippen LogP contribution in [0, 0.1) is 0 Å². The molecule has 0 aromatic heterocycles. The lowest BCUT2D eigenvalue weighted by Crippen LogP contribution is -2.63. The number of benzene rings is 2. The van der Waals surface area contributed by atoms with E-state index in [2.05, 4.69) is 12.1 Å². The van der Waals surface area contributed by atoms with Crippen molar-refractivity contribution in [3.05, 3.63) is 70.7 Å². The number of rotatable bonds is 5. The van der Waals surface area contributed by atoms with E-state index in [1.807, 2.05) is 42.5 Å². The predicted molar refractivity (Wildman–Crippen MR) is 105 cm³/mol. The number of halogens is 1. The molecule has 0 N–H and O–H groups in total. The summed E-state index contributed by atoms with van der Waals surface area (Å²) in [6.45, 7) is 0.430. The normalized spacial score (nSPS) is 32.7. The number of hydrogen-bond acceptors (Lipinski definition) is 5. The Kier molecular flexibility index (Phi) is 6.31. The summed E-state index contributed by atoms with van der Waals surface area (Å²) in [6, 6.07) is 17.7. The summed E-state index contributed by atoms with van der Waals surface area (Å²) in [5.41, 5.74) is 2.11. The Labute approximate surface area is 170 Å². The van der Waals surface area contributed by atoms with Crippen LogP contribution >= 0.6 is 11.6 Å². The molecule has 0 saturated carbocycles. The molecule has 28 heavy (non-hydrogen) atoms. The fourth-order valence-corrected chi connectivity index (χ4v) is 4.14. The highest BCUT2D eigenvalue weighted by Gasteiger charge is 2.50. The van der Waals surface area contributed by atoms with Gasteiger partial charge in [-0.15, -0.1) is 0 Å². The Morgan fingerprint density at radius 2 is 1.64 bits per heavy atom. The van der Waals surface area contributed by atoms with Crippen LogP contribution in [0.4, 0.5) is 0 Å². The molecule has 5 nitrogen and oxygen atoms in total. The quantitative estimate of drug-likeness (QED) is 0.758. The maximum absolute atomic E-state index is 6.36. The molecular weight excluding hydrogens is 380 g/mol. The van der Waals surface area contributed by atoms with E-state index in [9.17, 15) is 0 Å². The van der Waals surface area contributed by atoms with Crippen molar-refractivity contribution >= 4 is 11.6 Å². The first kappa shape index (κ1) is 19.8. The summed E-state index contributed by atoms with van der Waals surface area (Å²) in [4.78, 5) is 0. The largest absolute Gasteiger partial charge is 0.376 e. The summed E-state index contributed by atoms with van der Waals surface area (Å²) < 4.78 is 30.2. The summed E-state index contributed by atoms with van der Waals surface area (Å²) in [5, 5.41) is 0.677. The minimum Gasteiger partial charge on any atom is -0.376 e. The smallest absolute Gasteiger partial charge is 0.184 e. The second-order valence-corrected chi connectivity index (χ2v) is 7.56. The molecule has 0 spiro atoms. The molecule has 2 saturated heterocycles. The SMILES string of the molecule is COC1[C@@H]2O[C@H](c3ccc(Cl)cc3)OCC2OC(Cc2ccccc2)[C@@H]1OC. The van der Waals surface area contributed by atoms with E-state index in [0.29, 0.717) is 11.6 Å². The van der Waals surface area contributed by atoms with E-state index in [1.165, 1.54) is 5.56 Å². The van der Waals surface area contributed by atoms with Crippen LogP contribution < -0.4 is 0 Å². The van der Waals surface area contributed by atoms with Crippen molar-refractivity contribution in [1.29, 1.82) is 0 Å². The molecule has 2 aliphatic rings. The standard InChI is InChI=1S/C22H25ClO5/c1-24-19-17(12-14-6-4-3-5-7-14)27-18-13-26-22(28-20(18)21(19)25-2)15-8-10-16(23)11-9-15/h3-11,17-22H,12-13H2,1-2H3/t17?,18?,19-,20+,21?,22+/m0/s1. The Morgan fingerprint density at radius 3 is 2.32 bits per heavy atom. The van der Waals surface area contributed by atoms with Gasteiger partial charge < -0.3 is 23.7 Å². The second kappa shape index (κ2) is 8.91. The number of methoxy groups -OCH3 is 2. The van der Waals surface area contributed by atoms with Gasteiger partial charge in [0, 0.05) is 31.2 Å². The van der Waals surface area contributed by atoms with Crippen LogP contribution in [0.2, 0.25) is 5.02 Å². The molecule has 4 rings (SSSR count). The van der Waals surface area contributed by atoms with Crippen LogP contribution in [0.25, 0.3) is 0 Å². The Hall–Kier alpha value is -1.47. The van der Waals surface area contributed by atoms with E-state index >= 15 is 0 Å². The lowest BCUT2D eigenvalue weighted by atomic mass is 9.90. The first-order valence-corrected chi connectivity index (χ1v) is 9.85. The Morgan fingerprint density at radius 1 is 0.929 bits per heavy atom. The average molecular weight is 405 g/mol. The highest BCUT2D eigenvalue weighted by atomic mass is 35.5. The maximum atomic E-state index is 6.36. The van der Waals surface area contributed by atoms with E-state index < -0.39 is 6.29 Å². The maximum Gasteiger partial charge on any atom is 0.184 e. The van der Waals surface area contributed by atoms with E-state index in [4.69, 9.17) is 35.3 Å². The molecule has 6 atom stereocenters. The molecule has 150 valence electrons. The summed E-state index contributed by atoms with van der Waals surface area (Å²) in [5.74, 6) is 0. The molecule has 0 bridgehead atoms. The van der Waals surface area contributed by atoms with Crippen LogP contribution in [-0.4, -0.2) is 51.3 Å². The Bertz CT molecular complexity index is 753. The van der Waals surface area contributed by atoms with Crippen molar-refractivity contribution in [3.8, 4) is 0 Å². The first-order valence-electron chi connectivity index (χ1n) is 9.47. The van der Waals surface area contributed by atoms with E-state index in [0.717, 1.165) is 12.0 Å². The van der Waals surface area contributed by atoms with Gasteiger partial charge in [0.25, 0.3) is 0 Å².